The molecular weight excluding hydrogens is 570 g/mol. The van der Waals surface area contributed by atoms with Gasteiger partial charge in [-0.15, -0.1) is 0 Å². The molecule has 0 radical (unpaired) electrons. The van der Waals surface area contributed by atoms with Crippen molar-refractivity contribution < 1.29 is 24.2 Å². The lowest BCUT2D eigenvalue weighted by Gasteiger charge is -2.37. The number of aliphatic carboxylic acids is 1. The summed E-state index contributed by atoms with van der Waals surface area (Å²) in [4.78, 5) is 39.0. The van der Waals surface area contributed by atoms with Crippen LogP contribution in [0.15, 0.2) is 140 Å². The molecule has 0 fully saturated rings. The summed E-state index contributed by atoms with van der Waals surface area (Å²) in [5.74, 6) is -2.08. The van der Waals surface area contributed by atoms with Crippen molar-refractivity contribution in [2.45, 2.75) is 23.9 Å². The van der Waals surface area contributed by atoms with Gasteiger partial charge >= 0.3 is 12.1 Å². The largest absolute Gasteiger partial charge is 0.480 e. The fourth-order valence-corrected chi connectivity index (χ4v) is 6.21. The molecule has 7 nitrogen and oxygen atoms in total. The Morgan fingerprint density at radius 3 is 1.51 bits per heavy atom. The van der Waals surface area contributed by atoms with Crippen molar-refractivity contribution in [3.05, 3.63) is 167 Å². The third kappa shape index (κ3) is 5.93. The summed E-state index contributed by atoms with van der Waals surface area (Å²) < 4.78 is 5.57. The Morgan fingerprint density at radius 2 is 1.07 bits per heavy atom. The highest BCUT2D eigenvalue weighted by Crippen LogP contribution is 2.44. The monoisotopic (exact) mass is 602 g/mol. The van der Waals surface area contributed by atoms with Crippen LogP contribution in [-0.4, -0.2) is 35.7 Å². The van der Waals surface area contributed by atoms with Gasteiger partial charge in [0, 0.05) is 5.92 Å². The number of rotatable bonds is 10. The van der Waals surface area contributed by atoms with E-state index in [0.717, 1.165) is 38.9 Å². The first kappa shape index (κ1) is 29.4. The Hall–Kier alpha value is -5.69. The summed E-state index contributed by atoms with van der Waals surface area (Å²) in [5, 5.41) is 15.6. The van der Waals surface area contributed by atoms with Crippen molar-refractivity contribution in [2.24, 2.45) is 0 Å². The van der Waals surface area contributed by atoms with E-state index in [4.69, 9.17) is 4.74 Å². The van der Waals surface area contributed by atoms with Gasteiger partial charge in [0.05, 0.1) is 6.42 Å². The number of benzene rings is 5. The molecule has 1 aliphatic carbocycles. The first-order chi connectivity index (χ1) is 22.0. The highest BCUT2D eigenvalue weighted by molar-refractivity contribution is 5.88. The van der Waals surface area contributed by atoms with E-state index in [9.17, 15) is 19.5 Å². The molecule has 7 heteroatoms. The number of carboxylic acid groups (broad SMARTS) is 1. The Balaban J connectivity index is 1.21. The van der Waals surface area contributed by atoms with Crippen molar-refractivity contribution in [3.8, 4) is 11.1 Å². The maximum absolute atomic E-state index is 13.8. The van der Waals surface area contributed by atoms with Crippen LogP contribution in [0.5, 0.6) is 0 Å². The minimum atomic E-state index is -1.51. The summed E-state index contributed by atoms with van der Waals surface area (Å²) in [6.45, 7) is 0.0253. The quantitative estimate of drug-likeness (QED) is 0.0965. The number of hydrogen-bond donors (Lipinski definition) is 3. The van der Waals surface area contributed by atoms with Gasteiger partial charge in [0.25, 0.3) is 0 Å². The van der Waals surface area contributed by atoms with Crippen LogP contribution in [0, 0.1) is 0 Å². The predicted molar refractivity (Wildman–Crippen MR) is 172 cm³/mol. The fraction of sp³-hybridized carbons (Fsp3) is 0.132. The highest BCUT2D eigenvalue weighted by atomic mass is 16.6. The molecule has 2 amide bonds. The van der Waals surface area contributed by atoms with E-state index in [2.05, 4.69) is 10.6 Å². The average molecular weight is 603 g/mol. The normalized spacial score (nSPS) is 12.8. The highest BCUT2D eigenvalue weighted by Gasteiger charge is 2.39. The minimum absolute atomic E-state index is 0.0253. The zero-order valence-corrected chi connectivity index (χ0v) is 24.4. The molecule has 0 aromatic heterocycles. The average Bonchev–Trinajstić information content (AvgIpc) is 3.40. The minimum Gasteiger partial charge on any atom is -0.480 e. The van der Waals surface area contributed by atoms with Gasteiger partial charge in [-0.2, -0.15) is 0 Å². The molecule has 0 spiro atoms. The molecule has 1 unspecified atom stereocenters. The molecule has 0 aliphatic heterocycles. The maximum atomic E-state index is 13.8. The van der Waals surface area contributed by atoms with Crippen LogP contribution in [0.4, 0.5) is 4.79 Å². The zero-order valence-electron chi connectivity index (χ0n) is 24.4. The number of fused-ring (bicyclic) bond motifs is 3. The second kappa shape index (κ2) is 12.9. The van der Waals surface area contributed by atoms with E-state index in [1.165, 1.54) is 0 Å². The van der Waals surface area contributed by atoms with Crippen molar-refractivity contribution in [1.82, 2.24) is 10.6 Å². The van der Waals surface area contributed by atoms with Crippen molar-refractivity contribution in [3.63, 3.8) is 0 Å². The number of hydrogen-bond acceptors (Lipinski definition) is 4. The summed E-state index contributed by atoms with van der Waals surface area (Å²) in [6, 6.07) is 42.9. The Labute approximate surface area is 261 Å². The molecule has 0 saturated heterocycles. The molecule has 0 heterocycles. The number of alkyl carbamates (subject to hydrolysis) is 1. The lowest BCUT2D eigenvalue weighted by Crippen LogP contribution is -2.51. The third-order valence-corrected chi connectivity index (χ3v) is 8.27. The van der Waals surface area contributed by atoms with Crippen molar-refractivity contribution >= 4 is 18.0 Å². The number of carboxylic acids is 1. The number of carbonyl (C=O) groups excluding carboxylic acids is 2. The van der Waals surface area contributed by atoms with Gasteiger partial charge in [-0.1, -0.05) is 140 Å². The molecule has 5 aromatic carbocycles. The molecule has 5 aromatic rings. The van der Waals surface area contributed by atoms with E-state index < -0.39 is 36.0 Å². The van der Waals surface area contributed by atoms with Crippen LogP contribution in [0.3, 0.4) is 0 Å². The number of ether oxygens (including phenoxy) is 1. The van der Waals surface area contributed by atoms with Crippen molar-refractivity contribution in [2.75, 3.05) is 6.61 Å². The van der Waals surface area contributed by atoms with Crippen LogP contribution < -0.4 is 10.6 Å². The molecule has 0 bridgehead atoms. The molecule has 1 atom stereocenters. The van der Waals surface area contributed by atoms with E-state index in [-0.39, 0.29) is 12.5 Å². The number of carbonyl (C=O) groups is 3. The summed E-state index contributed by atoms with van der Waals surface area (Å²) in [7, 11) is 0. The lowest BCUT2D eigenvalue weighted by molar-refractivity contribution is -0.141. The van der Waals surface area contributed by atoms with Gasteiger partial charge in [0.2, 0.25) is 5.91 Å². The van der Waals surface area contributed by atoms with Crippen LogP contribution in [0.1, 0.15) is 40.2 Å². The lowest BCUT2D eigenvalue weighted by atomic mass is 9.79. The molecule has 6 rings (SSSR count). The first-order valence-electron chi connectivity index (χ1n) is 14.8. The zero-order chi connectivity index (χ0) is 31.2. The van der Waals surface area contributed by atoms with Crippen LogP contribution in [0.2, 0.25) is 0 Å². The van der Waals surface area contributed by atoms with Gasteiger partial charge in [-0.25, -0.2) is 9.59 Å². The van der Waals surface area contributed by atoms with Crippen LogP contribution in [0.25, 0.3) is 11.1 Å². The van der Waals surface area contributed by atoms with E-state index in [1.807, 2.05) is 140 Å². The Kier molecular flexibility index (Phi) is 8.42. The maximum Gasteiger partial charge on any atom is 0.407 e. The molecule has 224 valence electrons. The Morgan fingerprint density at radius 1 is 0.644 bits per heavy atom. The smallest absolute Gasteiger partial charge is 0.407 e. The molecule has 0 saturated carbocycles. The fourth-order valence-electron chi connectivity index (χ4n) is 6.21. The Bertz CT molecular complexity index is 1670. The van der Waals surface area contributed by atoms with Gasteiger partial charge in [0.15, 0.2) is 0 Å². The molecular formula is C38H32N2O5. The molecule has 3 N–H and O–H groups in total. The second-order valence-corrected chi connectivity index (χ2v) is 11.0. The van der Waals surface area contributed by atoms with E-state index in [0.29, 0.717) is 0 Å². The second-order valence-electron chi connectivity index (χ2n) is 11.0. The van der Waals surface area contributed by atoms with Gasteiger partial charge in [-0.05, 0) is 38.9 Å². The van der Waals surface area contributed by atoms with Gasteiger partial charge in [0.1, 0.15) is 18.2 Å². The first-order valence-corrected chi connectivity index (χ1v) is 14.8. The van der Waals surface area contributed by atoms with Gasteiger partial charge < -0.3 is 20.5 Å². The molecule has 45 heavy (non-hydrogen) atoms. The van der Waals surface area contributed by atoms with E-state index >= 15 is 0 Å². The van der Waals surface area contributed by atoms with Gasteiger partial charge in [-0.3, -0.25) is 4.79 Å². The standard InChI is InChI=1S/C38H32N2O5/c41-35(40-38(26-14-4-1-5-15-26,27-16-6-2-7-17-27)28-18-8-3-9-19-28)24-34(36(42)43)39-37(44)45-25-33-31-22-12-10-20-29(31)30-21-11-13-23-32(30)33/h1-23,33-34H,24-25H2,(H,39,44)(H,40,41)(H,42,43)/i24+1,34+1,35+1,36+1,39+1,40+1. The SMILES string of the molecule is O=C([15NH][13CH]([13CH2][13C](=O)[15NH]C(c1ccccc1)(c1ccccc1)c1ccccc1)[13C](=O)O)OCC1c2ccccc2-c2ccccc21. The number of nitrogens with one attached hydrogen (secondary N) is 2. The third-order valence-electron chi connectivity index (χ3n) is 8.27. The van der Waals surface area contributed by atoms with Crippen molar-refractivity contribution in [1.29, 1.82) is 0 Å². The summed E-state index contributed by atoms with van der Waals surface area (Å²) in [6.07, 6.45) is -1.41. The predicted octanol–water partition coefficient (Wildman–Crippen LogP) is 6.48. The topological polar surface area (TPSA) is 105 Å². The summed E-state index contributed by atoms with van der Waals surface area (Å²) >= 11 is 0. The summed E-state index contributed by atoms with van der Waals surface area (Å²) in [5.41, 5.74) is 5.53. The van der Waals surface area contributed by atoms with Crippen LogP contribution in [-0.2, 0) is 19.9 Å². The van der Waals surface area contributed by atoms with Crippen LogP contribution >= 0.6 is 0 Å². The van der Waals surface area contributed by atoms with E-state index in [1.54, 1.807) is 0 Å². The molecule has 1 aliphatic rings. The number of amides is 2.